The van der Waals surface area contributed by atoms with E-state index in [1.165, 1.54) is 6.07 Å². The monoisotopic (exact) mass is 318 g/mol. The molecular weight excluding hydrogens is 300 g/mol. The van der Waals surface area contributed by atoms with Crippen molar-refractivity contribution in [2.75, 3.05) is 0 Å². The maximum Gasteiger partial charge on any atom is 0.336 e. The van der Waals surface area contributed by atoms with Crippen LogP contribution in [-0.4, -0.2) is 5.60 Å². The topological polar surface area (TPSA) is 39.4 Å². The third kappa shape index (κ3) is 2.52. The Balaban J connectivity index is 1.74. The van der Waals surface area contributed by atoms with Gasteiger partial charge >= 0.3 is 5.63 Å². The van der Waals surface area contributed by atoms with Gasteiger partial charge in [0.05, 0.1) is 0 Å². The van der Waals surface area contributed by atoms with Crippen LogP contribution in [0.4, 0.5) is 0 Å². The molecular formula is C21H18O3. The molecule has 24 heavy (non-hydrogen) atoms. The summed E-state index contributed by atoms with van der Waals surface area (Å²) in [6, 6.07) is 15.6. The fourth-order valence-electron chi connectivity index (χ4n) is 3.25. The average molecular weight is 318 g/mol. The van der Waals surface area contributed by atoms with Gasteiger partial charge in [0.1, 0.15) is 16.9 Å². The molecule has 0 aliphatic carbocycles. The third-order valence-corrected chi connectivity index (χ3v) is 4.48. The molecule has 3 aromatic rings. The van der Waals surface area contributed by atoms with Gasteiger partial charge in [-0.05, 0) is 43.2 Å². The van der Waals surface area contributed by atoms with E-state index in [2.05, 4.69) is 24.3 Å². The van der Waals surface area contributed by atoms with Crippen LogP contribution in [0.3, 0.4) is 0 Å². The summed E-state index contributed by atoms with van der Waals surface area (Å²) in [7, 11) is 0. The van der Waals surface area contributed by atoms with E-state index in [1.807, 2.05) is 44.2 Å². The number of ether oxygens (including phenoxy) is 1. The first-order chi connectivity index (χ1) is 11.5. The molecule has 2 aromatic carbocycles. The smallest absolute Gasteiger partial charge is 0.336 e. The largest absolute Gasteiger partial charge is 0.483 e. The molecule has 120 valence electrons. The second-order valence-corrected chi connectivity index (χ2v) is 6.50. The lowest BCUT2D eigenvalue weighted by atomic mass is 9.96. The molecule has 1 aliphatic rings. The molecule has 1 aromatic heterocycles. The summed E-state index contributed by atoms with van der Waals surface area (Å²) in [6.45, 7) is 3.97. The van der Waals surface area contributed by atoms with Crippen molar-refractivity contribution in [3.8, 4) is 5.75 Å². The van der Waals surface area contributed by atoms with Crippen molar-refractivity contribution in [3.05, 3.63) is 81.7 Å². The molecule has 0 saturated carbocycles. The van der Waals surface area contributed by atoms with Gasteiger partial charge < -0.3 is 9.15 Å². The Morgan fingerprint density at radius 3 is 2.71 bits per heavy atom. The van der Waals surface area contributed by atoms with E-state index in [4.69, 9.17) is 9.15 Å². The Bertz CT molecular complexity index is 999. The van der Waals surface area contributed by atoms with Crippen molar-refractivity contribution in [1.82, 2.24) is 0 Å². The second kappa shape index (κ2) is 5.38. The summed E-state index contributed by atoms with van der Waals surface area (Å²) in [5, 5.41) is 0.966. The van der Waals surface area contributed by atoms with Gasteiger partial charge in [-0.25, -0.2) is 4.79 Å². The number of benzene rings is 2. The lowest BCUT2D eigenvalue weighted by molar-refractivity contribution is 0.172. The van der Waals surface area contributed by atoms with E-state index in [0.717, 1.165) is 27.8 Å². The molecule has 1 atom stereocenters. The zero-order chi connectivity index (χ0) is 16.7. The van der Waals surface area contributed by atoms with E-state index in [-0.39, 0.29) is 5.63 Å². The van der Waals surface area contributed by atoms with Crippen LogP contribution in [0, 0.1) is 6.92 Å². The molecule has 0 spiro atoms. The highest BCUT2D eigenvalue weighted by atomic mass is 16.5. The summed E-state index contributed by atoms with van der Waals surface area (Å²) in [5.41, 5.74) is 2.90. The van der Waals surface area contributed by atoms with Crippen molar-refractivity contribution in [2.24, 2.45) is 0 Å². The van der Waals surface area contributed by atoms with Gasteiger partial charge in [0.15, 0.2) is 0 Å². The fraction of sp³-hybridized carbons (Fsp3) is 0.190. The minimum Gasteiger partial charge on any atom is -0.483 e. The second-order valence-electron chi connectivity index (χ2n) is 6.50. The van der Waals surface area contributed by atoms with E-state index in [1.54, 1.807) is 0 Å². The molecule has 0 bridgehead atoms. The van der Waals surface area contributed by atoms with Crippen molar-refractivity contribution < 1.29 is 9.15 Å². The molecule has 0 fully saturated rings. The lowest BCUT2D eigenvalue weighted by Gasteiger charge is -2.19. The number of fused-ring (bicyclic) bond motifs is 3. The zero-order valence-electron chi connectivity index (χ0n) is 13.7. The summed E-state index contributed by atoms with van der Waals surface area (Å²) < 4.78 is 11.6. The molecule has 2 heterocycles. The highest BCUT2D eigenvalue weighted by molar-refractivity contribution is 5.85. The molecule has 0 amide bonds. The van der Waals surface area contributed by atoms with Crippen LogP contribution in [0.5, 0.6) is 5.75 Å². The molecule has 0 saturated heterocycles. The maximum absolute atomic E-state index is 11.8. The van der Waals surface area contributed by atoms with Gasteiger partial charge in [-0.2, -0.15) is 0 Å². The highest BCUT2D eigenvalue weighted by Gasteiger charge is 2.34. The Hall–Kier alpha value is -2.81. The van der Waals surface area contributed by atoms with Gasteiger partial charge in [0.25, 0.3) is 0 Å². The van der Waals surface area contributed by atoms with Gasteiger partial charge in [-0.15, -0.1) is 0 Å². The quantitative estimate of drug-likeness (QED) is 0.653. The molecule has 0 N–H and O–H groups in total. The van der Waals surface area contributed by atoms with E-state index < -0.39 is 5.60 Å². The lowest BCUT2D eigenvalue weighted by Crippen LogP contribution is -2.26. The van der Waals surface area contributed by atoms with E-state index >= 15 is 0 Å². The molecule has 3 heteroatoms. The number of hydrogen-bond acceptors (Lipinski definition) is 3. The Kier molecular flexibility index (Phi) is 3.31. The first-order valence-corrected chi connectivity index (χ1v) is 8.04. The number of aryl methyl sites for hydroxylation is 1. The predicted molar refractivity (Wildman–Crippen MR) is 95.4 cm³/mol. The van der Waals surface area contributed by atoms with Crippen LogP contribution >= 0.6 is 0 Å². The van der Waals surface area contributed by atoms with Gasteiger partial charge in [-0.1, -0.05) is 36.4 Å². The van der Waals surface area contributed by atoms with Crippen molar-refractivity contribution in [2.45, 2.75) is 25.9 Å². The van der Waals surface area contributed by atoms with Crippen molar-refractivity contribution >= 4 is 17.0 Å². The van der Waals surface area contributed by atoms with Crippen LogP contribution < -0.4 is 10.4 Å². The summed E-state index contributed by atoms with van der Waals surface area (Å²) in [5.74, 6) is 0.788. The average Bonchev–Trinajstić information content (AvgIpc) is 2.91. The van der Waals surface area contributed by atoms with Crippen LogP contribution in [0.2, 0.25) is 0 Å². The molecule has 0 radical (unpaired) electrons. The Labute approximate surface area is 140 Å². The van der Waals surface area contributed by atoms with Gasteiger partial charge in [0.2, 0.25) is 0 Å². The fourth-order valence-corrected chi connectivity index (χ4v) is 3.25. The summed E-state index contributed by atoms with van der Waals surface area (Å²) >= 11 is 0. The summed E-state index contributed by atoms with van der Waals surface area (Å²) in [4.78, 5) is 11.8. The van der Waals surface area contributed by atoms with Crippen molar-refractivity contribution in [3.63, 3.8) is 0 Å². The minimum absolute atomic E-state index is 0.318. The Morgan fingerprint density at radius 2 is 1.92 bits per heavy atom. The predicted octanol–water partition coefficient (Wildman–Crippen LogP) is 4.51. The molecule has 4 rings (SSSR count). The standard InChI is InChI=1S/C21H18O3/c1-14-12-19(22)23-20-16(14)8-9-18-17(20)13-21(2,24-18)11-10-15-6-4-3-5-7-15/h3-12H,13H2,1-2H3/b11-10+/t21-/m1/s1. The first kappa shape index (κ1) is 14.8. The normalized spacial score (nSPS) is 19.6. The number of rotatable bonds is 2. The number of hydrogen-bond donors (Lipinski definition) is 0. The first-order valence-electron chi connectivity index (χ1n) is 8.04. The molecule has 3 nitrogen and oxygen atoms in total. The third-order valence-electron chi connectivity index (χ3n) is 4.48. The molecule has 1 aliphatic heterocycles. The van der Waals surface area contributed by atoms with Crippen LogP contribution in [-0.2, 0) is 6.42 Å². The van der Waals surface area contributed by atoms with Crippen LogP contribution in [0.1, 0.15) is 23.6 Å². The summed E-state index contributed by atoms with van der Waals surface area (Å²) in [6.07, 6.45) is 4.81. The maximum atomic E-state index is 11.8. The minimum atomic E-state index is -0.450. The van der Waals surface area contributed by atoms with Gasteiger partial charge in [-0.3, -0.25) is 0 Å². The van der Waals surface area contributed by atoms with Gasteiger partial charge in [0, 0.05) is 23.4 Å². The van der Waals surface area contributed by atoms with Crippen molar-refractivity contribution in [1.29, 1.82) is 0 Å². The SMILES string of the molecule is Cc1cc(=O)oc2c3c(ccc12)O[C@](C)(/C=C/c1ccccc1)C3. The van der Waals surface area contributed by atoms with E-state index in [9.17, 15) is 4.79 Å². The zero-order valence-corrected chi connectivity index (χ0v) is 13.7. The van der Waals surface area contributed by atoms with Crippen LogP contribution in [0.25, 0.3) is 17.0 Å². The highest BCUT2D eigenvalue weighted by Crippen LogP contribution is 2.40. The van der Waals surface area contributed by atoms with Crippen LogP contribution in [0.15, 0.2) is 63.8 Å². The van der Waals surface area contributed by atoms with E-state index in [0.29, 0.717) is 12.0 Å². The molecule has 0 unspecified atom stereocenters. The Morgan fingerprint density at radius 1 is 1.12 bits per heavy atom.